The number of methoxy groups -OCH3 is 1. The molecule has 0 aromatic heterocycles. The molecule has 9 heteroatoms. The first-order valence-electron chi connectivity index (χ1n) is 5.11. The van der Waals surface area contributed by atoms with E-state index in [1.807, 2.05) is 0 Å². The van der Waals surface area contributed by atoms with E-state index in [-0.39, 0.29) is 12.7 Å². The third-order valence-electron chi connectivity index (χ3n) is 2.43. The molecule has 0 spiro atoms. The Morgan fingerprint density at radius 1 is 1.00 bits per heavy atom. The normalized spacial score (nSPS) is 13.2. The lowest BCUT2D eigenvalue weighted by Crippen LogP contribution is -2.68. The van der Waals surface area contributed by atoms with Crippen molar-refractivity contribution in [3.8, 4) is 0 Å². The van der Waals surface area contributed by atoms with Crippen LogP contribution in [0.15, 0.2) is 30.3 Å². The zero-order chi connectivity index (χ0) is 15.6. The van der Waals surface area contributed by atoms with Gasteiger partial charge < -0.3 is 10.1 Å². The summed E-state index contributed by atoms with van der Waals surface area (Å²) in [4.78, 5) is 11.5. The van der Waals surface area contributed by atoms with E-state index in [0.717, 1.165) is 17.4 Å². The summed E-state index contributed by atoms with van der Waals surface area (Å²) in [7, 11) is 0.215. The molecular formula is C11H9F6NO2. The van der Waals surface area contributed by atoms with Crippen molar-refractivity contribution in [2.75, 3.05) is 7.11 Å². The molecule has 1 N–H and O–H groups in total. The van der Waals surface area contributed by atoms with E-state index < -0.39 is 24.0 Å². The Kier molecular flexibility index (Phi) is 4.33. The van der Waals surface area contributed by atoms with Crippen LogP contribution in [-0.4, -0.2) is 31.1 Å². The molecule has 0 heterocycles. The molecule has 20 heavy (non-hydrogen) atoms. The Bertz CT molecular complexity index is 454. The van der Waals surface area contributed by atoms with Crippen molar-refractivity contribution in [2.24, 2.45) is 0 Å². The number of hydrogen-bond donors (Lipinski definition) is 1. The van der Waals surface area contributed by atoms with Crippen molar-refractivity contribution in [3.05, 3.63) is 35.9 Å². The average molecular weight is 301 g/mol. The van der Waals surface area contributed by atoms with Crippen LogP contribution < -0.4 is 5.32 Å². The van der Waals surface area contributed by atoms with Gasteiger partial charge in [-0.3, -0.25) is 4.79 Å². The molecule has 1 aromatic carbocycles. The molecule has 0 fully saturated rings. The van der Waals surface area contributed by atoms with E-state index in [0.29, 0.717) is 0 Å². The maximum Gasteiger partial charge on any atom is 0.446 e. The predicted molar refractivity (Wildman–Crippen MR) is 55.8 cm³/mol. The summed E-state index contributed by atoms with van der Waals surface area (Å²) in [5, 5.41) is 0.865. The van der Waals surface area contributed by atoms with Crippen LogP contribution in [0.4, 0.5) is 26.3 Å². The second kappa shape index (κ2) is 5.31. The lowest BCUT2D eigenvalue weighted by molar-refractivity contribution is -0.382. The quantitative estimate of drug-likeness (QED) is 0.688. The summed E-state index contributed by atoms with van der Waals surface area (Å²) in [5.41, 5.74) is -5.12. The summed E-state index contributed by atoms with van der Waals surface area (Å²) in [5.74, 6) is -1.55. The second-order valence-electron chi connectivity index (χ2n) is 3.70. The maximum absolute atomic E-state index is 12.7. The van der Waals surface area contributed by atoms with E-state index in [9.17, 15) is 31.1 Å². The Morgan fingerprint density at radius 2 is 1.45 bits per heavy atom. The molecule has 0 aliphatic rings. The number of amides is 1. The summed E-state index contributed by atoms with van der Waals surface area (Å²) in [6.45, 7) is 0. The number of nitrogens with one attached hydrogen (secondary N) is 1. The number of rotatable bonds is 3. The molecule has 0 radical (unpaired) electrons. The highest BCUT2D eigenvalue weighted by molar-refractivity contribution is 5.94. The largest absolute Gasteiger partial charge is 0.446 e. The number of halogens is 6. The average Bonchev–Trinajstić information content (AvgIpc) is 2.33. The molecule has 0 saturated heterocycles. The third-order valence-corrected chi connectivity index (χ3v) is 2.43. The molecule has 0 aliphatic heterocycles. The molecule has 0 saturated carbocycles. The topological polar surface area (TPSA) is 38.3 Å². The minimum absolute atomic E-state index is 0.215. The molecule has 0 aliphatic carbocycles. The highest BCUT2D eigenvalue weighted by Gasteiger charge is 2.73. The minimum atomic E-state index is -5.87. The van der Waals surface area contributed by atoms with Gasteiger partial charge in [-0.2, -0.15) is 26.3 Å². The Morgan fingerprint density at radius 3 is 1.80 bits per heavy atom. The lowest BCUT2D eigenvalue weighted by atomic mass is 10.1. The molecule has 1 rings (SSSR count). The van der Waals surface area contributed by atoms with Gasteiger partial charge in [-0.15, -0.1) is 0 Å². The van der Waals surface area contributed by atoms with Crippen molar-refractivity contribution in [1.82, 2.24) is 5.32 Å². The van der Waals surface area contributed by atoms with E-state index in [1.54, 1.807) is 0 Å². The Hall–Kier alpha value is -1.77. The van der Waals surface area contributed by atoms with Gasteiger partial charge in [0.15, 0.2) is 0 Å². The first-order chi connectivity index (χ1) is 9.05. The van der Waals surface area contributed by atoms with Gasteiger partial charge in [-0.25, -0.2) is 0 Å². The van der Waals surface area contributed by atoms with Gasteiger partial charge >= 0.3 is 18.1 Å². The van der Waals surface area contributed by atoms with E-state index in [1.165, 1.54) is 18.2 Å². The highest BCUT2D eigenvalue weighted by atomic mass is 19.4. The molecule has 1 amide bonds. The van der Waals surface area contributed by atoms with Crippen LogP contribution in [0.25, 0.3) is 0 Å². The van der Waals surface area contributed by atoms with Gasteiger partial charge in [0, 0.05) is 12.7 Å². The molecule has 0 atom stereocenters. The first kappa shape index (κ1) is 16.3. The molecular weight excluding hydrogens is 292 g/mol. The zero-order valence-corrected chi connectivity index (χ0v) is 9.97. The summed E-state index contributed by atoms with van der Waals surface area (Å²) in [6.07, 6.45) is -11.7. The lowest BCUT2D eigenvalue weighted by Gasteiger charge is -2.36. The van der Waals surface area contributed by atoms with Crippen molar-refractivity contribution in [3.63, 3.8) is 0 Å². The van der Waals surface area contributed by atoms with Crippen LogP contribution >= 0.6 is 0 Å². The Balaban J connectivity index is 3.18. The fourth-order valence-corrected chi connectivity index (χ4v) is 1.41. The Labute approximate surface area is 109 Å². The van der Waals surface area contributed by atoms with Crippen molar-refractivity contribution < 1.29 is 35.9 Å². The summed E-state index contributed by atoms with van der Waals surface area (Å²) in [6, 6.07) is 6.19. The fraction of sp³-hybridized carbons (Fsp3) is 0.364. The number of hydrogen-bond acceptors (Lipinski definition) is 2. The monoisotopic (exact) mass is 301 g/mol. The summed E-state index contributed by atoms with van der Waals surface area (Å²) >= 11 is 0. The number of ether oxygens (including phenoxy) is 1. The highest BCUT2D eigenvalue weighted by Crippen LogP contribution is 2.43. The molecule has 3 nitrogen and oxygen atoms in total. The molecule has 0 unspecified atom stereocenters. The van der Waals surface area contributed by atoms with Gasteiger partial charge in [0.1, 0.15) is 0 Å². The van der Waals surface area contributed by atoms with E-state index in [4.69, 9.17) is 0 Å². The molecule has 112 valence electrons. The molecule has 0 bridgehead atoms. The second-order valence-corrected chi connectivity index (χ2v) is 3.70. The van der Waals surface area contributed by atoms with Crippen LogP contribution in [0.5, 0.6) is 0 Å². The van der Waals surface area contributed by atoms with Crippen molar-refractivity contribution >= 4 is 5.91 Å². The number of alkyl halides is 6. The van der Waals surface area contributed by atoms with Crippen LogP contribution in [0.2, 0.25) is 0 Å². The predicted octanol–water partition coefficient (Wildman–Crippen LogP) is 2.88. The van der Waals surface area contributed by atoms with E-state index >= 15 is 0 Å². The molecule has 1 aromatic rings. The van der Waals surface area contributed by atoms with Crippen LogP contribution in [0.3, 0.4) is 0 Å². The van der Waals surface area contributed by atoms with Crippen molar-refractivity contribution in [2.45, 2.75) is 18.1 Å². The van der Waals surface area contributed by atoms with Gasteiger partial charge in [-0.1, -0.05) is 18.2 Å². The SMILES string of the molecule is COC(NC(=O)c1ccccc1)(C(F)(F)F)C(F)(F)F. The third kappa shape index (κ3) is 2.87. The zero-order valence-electron chi connectivity index (χ0n) is 9.97. The standard InChI is InChI=1S/C11H9F6NO2/c1-20-9(10(12,13)14,11(15,16)17)18-8(19)7-5-3-2-4-6-7/h2-6H,1H3,(H,18,19). The van der Waals surface area contributed by atoms with Gasteiger partial charge in [0.2, 0.25) is 0 Å². The van der Waals surface area contributed by atoms with Crippen LogP contribution in [-0.2, 0) is 4.74 Å². The number of carbonyl (C=O) groups is 1. The van der Waals surface area contributed by atoms with E-state index in [2.05, 4.69) is 4.74 Å². The smallest absolute Gasteiger partial charge is 0.344 e. The number of benzene rings is 1. The fourth-order valence-electron chi connectivity index (χ4n) is 1.41. The van der Waals surface area contributed by atoms with Gasteiger partial charge in [-0.05, 0) is 12.1 Å². The summed E-state index contributed by atoms with van der Waals surface area (Å²) < 4.78 is 79.7. The maximum atomic E-state index is 12.7. The number of carbonyl (C=O) groups excluding carboxylic acids is 1. The van der Waals surface area contributed by atoms with Crippen molar-refractivity contribution in [1.29, 1.82) is 0 Å². The van der Waals surface area contributed by atoms with Crippen LogP contribution in [0, 0.1) is 0 Å². The van der Waals surface area contributed by atoms with Crippen LogP contribution in [0.1, 0.15) is 10.4 Å². The minimum Gasteiger partial charge on any atom is -0.344 e. The van der Waals surface area contributed by atoms with Gasteiger partial charge in [0.25, 0.3) is 5.91 Å². The first-order valence-corrected chi connectivity index (χ1v) is 5.11. The van der Waals surface area contributed by atoms with Gasteiger partial charge in [0.05, 0.1) is 0 Å².